The summed E-state index contributed by atoms with van der Waals surface area (Å²) < 4.78 is 1.54. The Kier molecular flexibility index (Phi) is 6.54. The van der Waals surface area contributed by atoms with E-state index in [4.69, 9.17) is 5.73 Å². The molecule has 10 heteroatoms. The first-order valence-electron chi connectivity index (χ1n) is 9.47. The minimum absolute atomic E-state index is 0.0653. The lowest BCUT2D eigenvalue weighted by atomic mass is 10.2. The number of rotatable bonds is 8. The lowest BCUT2D eigenvalue weighted by Crippen LogP contribution is -2.23. The maximum absolute atomic E-state index is 13.3. The number of thioether (sulfide) groups is 1. The number of carbonyl (C=O) groups excluding carboxylic acids is 2. The van der Waals surface area contributed by atoms with Crippen LogP contribution < -0.4 is 16.6 Å². The standard InChI is InChI=1S/C22H18N4O3S3/c1-2-9-26-21(29)18-15(16-4-3-10-30-16)11-31-20(18)25-22(26)32-12-17(27)24-14-7-5-13(6-8-14)19(23)28/h2-8,10-11H,1,9,12H2,(H2,23,28)(H,24,27). The van der Waals surface area contributed by atoms with Gasteiger partial charge in [0.05, 0.1) is 11.1 Å². The number of amides is 2. The van der Waals surface area contributed by atoms with Crippen molar-refractivity contribution in [3.8, 4) is 10.4 Å². The largest absolute Gasteiger partial charge is 0.366 e. The first-order valence-corrected chi connectivity index (χ1v) is 12.2. The zero-order valence-corrected chi connectivity index (χ0v) is 19.2. The van der Waals surface area contributed by atoms with Crippen molar-refractivity contribution in [2.75, 3.05) is 11.1 Å². The molecule has 3 N–H and O–H groups in total. The van der Waals surface area contributed by atoms with E-state index >= 15 is 0 Å². The molecule has 2 amide bonds. The van der Waals surface area contributed by atoms with Crippen LogP contribution in [0.5, 0.6) is 0 Å². The van der Waals surface area contributed by atoms with Gasteiger partial charge >= 0.3 is 0 Å². The Morgan fingerprint density at radius 2 is 2.00 bits per heavy atom. The number of carbonyl (C=O) groups is 2. The van der Waals surface area contributed by atoms with Crippen LogP contribution in [0.3, 0.4) is 0 Å². The molecular weight excluding hydrogens is 464 g/mol. The molecule has 0 saturated heterocycles. The summed E-state index contributed by atoms with van der Waals surface area (Å²) in [5.74, 6) is -0.724. The van der Waals surface area contributed by atoms with Crippen molar-refractivity contribution < 1.29 is 9.59 Å². The SMILES string of the molecule is C=CCn1c(SCC(=O)Nc2ccc(C(N)=O)cc2)nc2scc(-c3cccs3)c2c1=O. The van der Waals surface area contributed by atoms with Crippen LogP contribution in [0.25, 0.3) is 20.7 Å². The molecule has 0 aliphatic carbocycles. The quantitative estimate of drug-likeness (QED) is 0.222. The second-order valence-electron chi connectivity index (χ2n) is 6.68. The van der Waals surface area contributed by atoms with E-state index in [1.54, 1.807) is 46.2 Å². The van der Waals surface area contributed by atoms with Crippen LogP contribution in [0, 0.1) is 0 Å². The Balaban J connectivity index is 1.56. The van der Waals surface area contributed by atoms with Gasteiger partial charge < -0.3 is 11.1 Å². The number of anilines is 1. The molecule has 0 spiro atoms. The van der Waals surface area contributed by atoms with E-state index in [0.29, 0.717) is 33.2 Å². The van der Waals surface area contributed by atoms with Crippen LogP contribution in [0.15, 0.2) is 69.8 Å². The highest BCUT2D eigenvalue weighted by molar-refractivity contribution is 7.99. The number of primary amides is 1. The molecule has 0 aliphatic rings. The Morgan fingerprint density at radius 3 is 2.66 bits per heavy atom. The summed E-state index contributed by atoms with van der Waals surface area (Å²) in [6.45, 7) is 4.04. The zero-order chi connectivity index (χ0) is 22.7. The van der Waals surface area contributed by atoms with E-state index in [1.165, 1.54) is 23.1 Å². The van der Waals surface area contributed by atoms with Crippen molar-refractivity contribution in [3.63, 3.8) is 0 Å². The lowest BCUT2D eigenvalue weighted by molar-refractivity contribution is -0.113. The third-order valence-electron chi connectivity index (χ3n) is 4.54. The van der Waals surface area contributed by atoms with E-state index in [0.717, 1.165) is 10.4 Å². The number of fused-ring (bicyclic) bond motifs is 1. The number of nitrogens with zero attached hydrogens (tertiary/aromatic N) is 2. The van der Waals surface area contributed by atoms with Crippen molar-refractivity contribution >= 4 is 62.2 Å². The number of nitrogens with two attached hydrogens (primary N) is 1. The molecule has 4 rings (SSSR count). The molecule has 0 radical (unpaired) electrons. The summed E-state index contributed by atoms with van der Waals surface area (Å²) in [6.07, 6.45) is 1.64. The Morgan fingerprint density at radius 1 is 1.22 bits per heavy atom. The molecular formula is C22H18N4O3S3. The first-order chi connectivity index (χ1) is 15.5. The Labute approximate surface area is 195 Å². The van der Waals surface area contributed by atoms with E-state index in [1.807, 2.05) is 22.9 Å². The van der Waals surface area contributed by atoms with Crippen LogP contribution >= 0.6 is 34.4 Å². The average molecular weight is 483 g/mol. The summed E-state index contributed by atoms with van der Waals surface area (Å²) in [7, 11) is 0. The van der Waals surface area contributed by atoms with Gasteiger partial charge in [-0.05, 0) is 35.7 Å². The van der Waals surface area contributed by atoms with Crippen LogP contribution in [-0.4, -0.2) is 27.1 Å². The number of nitrogens with one attached hydrogen (secondary N) is 1. The van der Waals surface area contributed by atoms with Crippen molar-refractivity contribution in [1.29, 1.82) is 0 Å². The maximum Gasteiger partial charge on any atom is 0.263 e. The predicted molar refractivity (Wildman–Crippen MR) is 132 cm³/mol. The normalized spacial score (nSPS) is 10.9. The van der Waals surface area contributed by atoms with Gasteiger partial charge in [-0.2, -0.15) is 0 Å². The topological polar surface area (TPSA) is 107 Å². The summed E-state index contributed by atoms with van der Waals surface area (Å²) in [5, 5.41) is 7.72. The van der Waals surface area contributed by atoms with E-state index in [2.05, 4.69) is 16.9 Å². The molecule has 0 atom stereocenters. The van der Waals surface area contributed by atoms with Crippen LogP contribution in [-0.2, 0) is 11.3 Å². The van der Waals surface area contributed by atoms with Crippen molar-refractivity contribution in [2.24, 2.45) is 5.73 Å². The molecule has 1 aromatic carbocycles. The van der Waals surface area contributed by atoms with Crippen LogP contribution in [0.4, 0.5) is 5.69 Å². The molecule has 0 saturated carbocycles. The second kappa shape index (κ2) is 9.51. The fraction of sp³-hybridized carbons (Fsp3) is 0.0909. The number of hydrogen-bond donors (Lipinski definition) is 2. The first kappa shape index (κ1) is 22.0. The monoisotopic (exact) mass is 482 g/mol. The average Bonchev–Trinajstić information content (AvgIpc) is 3.44. The zero-order valence-electron chi connectivity index (χ0n) is 16.7. The van der Waals surface area contributed by atoms with Gasteiger partial charge in [-0.1, -0.05) is 23.9 Å². The van der Waals surface area contributed by atoms with Gasteiger partial charge in [-0.15, -0.1) is 29.3 Å². The number of thiophene rings is 2. The molecule has 0 fully saturated rings. The van der Waals surface area contributed by atoms with Crippen LogP contribution in [0.2, 0.25) is 0 Å². The van der Waals surface area contributed by atoms with Gasteiger partial charge in [0.25, 0.3) is 5.56 Å². The second-order valence-corrected chi connectivity index (χ2v) is 9.43. The third kappa shape index (κ3) is 4.52. The maximum atomic E-state index is 13.3. The van der Waals surface area contributed by atoms with E-state index < -0.39 is 5.91 Å². The van der Waals surface area contributed by atoms with E-state index in [9.17, 15) is 14.4 Å². The van der Waals surface area contributed by atoms with Gasteiger partial charge in [0.15, 0.2) is 5.16 Å². The third-order valence-corrected chi connectivity index (χ3v) is 7.29. The lowest BCUT2D eigenvalue weighted by Gasteiger charge is -2.11. The Hall–Kier alpha value is -3.21. The molecule has 162 valence electrons. The van der Waals surface area contributed by atoms with Crippen molar-refractivity contribution in [2.45, 2.75) is 11.7 Å². The predicted octanol–water partition coefficient (Wildman–Crippen LogP) is 4.20. The van der Waals surface area contributed by atoms with Gasteiger partial charge in [0, 0.05) is 33.6 Å². The summed E-state index contributed by atoms with van der Waals surface area (Å²) in [4.78, 5) is 43.2. The highest BCUT2D eigenvalue weighted by Crippen LogP contribution is 2.34. The molecule has 3 aromatic heterocycles. The molecule has 0 unspecified atom stereocenters. The van der Waals surface area contributed by atoms with Gasteiger partial charge in [-0.25, -0.2) is 4.98 Å². The summed E-state index contributed by atoms with van der Waals surface area (Å²) in [5.41, 5.74) is 6.87. The molecule has 7 nitrogen and oxygen atoms in total. The van der Waals surface area contributed by atoms with Crippen molar-refractivity contribution in [3.05, 3.63) is 75.7 Å². The fourth-order valence-corrected chi connectivity index (χ4v) is 5.68. The number of allylic oxidation sites excluding steroid dienone is 1. The van der Waals surface area contributed by atoms with Gasteiger partial charge in [0.1, 0.15) is 4.83 Å². The molecule has 0 aliphatic heterocycles. The van der Waals surface area contributed by atoms with Gasteiger partial charge in [-0.3, -0.25) is 19.0 Å². The molecule has 0 bridgehead atoms. The molecule has 3 heterocycles. The fourth-order valence-electron chi connectivity index (χ4n) is 3.06. The number of hydrogen-bond acceptors (Lipinski definition) is 7. The highest BCUT2D eigenvalue weighted by atomic mass is 32.2. The number of benzene rings is 1. The van der Waals surface area contributed by atoms with E-state index in [-0.39, 0.29) is 17.2 Å². The summed E-state index contributed by atoms with van der Waals surface area (Å²) in [6, 6.07) is 10.2. The highest BCUT2D eigenvalue weighted by Gasteiger charge is 2.18. The van der Waals surface area contributed by atoms with Crippen LogP contribution in [0.1, 0.15) is 10.4 Å². The minimum Gasteiger partial charge on any atom is -0.366 e. The Bertz CT molecular complexity index is 1360. The smallest absolute Gasteiger partial charge is 0.263 e. The molecule has 4 aromatic rings. The molecule has 32 heavy (non-hydrogen) atoms. The number of aromatic nitrogens is 2. The minimum atomic E-state index is -0.532. The van der Waals surface area contributed by atoms with Crippen molar-refractivity contribution in [1.82, 2.24) is 9.55 Å². The summed E-state index contributed by atoms with van der Waals surface area (Å²) >= 11 is 4.17. The van der Waals surface area contributed by atoms with Gasteiger partial charge in [0.2, 0.25) is 11.8 Å².